The van der Waals surface area contributed by atoms with Crippen LogP contribution in [0.3, 0.4) is 0 Å². The molecule has 0 bridgehead atoms. The van der Waals surface area contributed by atoms with Gasteiger partial charge in [0.05, 0.1) is 11.5 Å². The number of nitrogens with one attached hydrogen (secondary N) is 1. The van der Waals surface area contributed by atoms with Gasteiger partial charge in [0.15, 0.2) is 0 Å². The Labute approximate surface area is 178 Å². The highest BCUT2D eigenvalue weighted by Crippen LogP contribution is 2.28. The standard InChI is InChI=1S/C18H28N2O3.C4H8.C2H6/c1-5-9-15(7-3)13-17(20(21)22)11-12-18(8-4)19-16(10-6-2)14-23-18;1-3-4-2;1-2/h5-7,9,13,16,19H,2,8,10-12,14H2,1,3-4H3;3-4H,1-2H3;1-2H3/b9-5-,15-7+,17-13-;4-3-;. The molecule has 1 N–H and O–H groups in total. The van der Waals surface area contributed by atoms with Crippen LogP contribution >= 0.6 is 0 Å². The largest absolute Gasteiger partial charge is 0.359 e. The van der Waals surface area contributed by atoms with Crippen molar-refractivity contribution in [2.45, 2.75) is 85.9 Å². The Balaban J connectivity index is 0. The minimum Gasteiger partial charge on any atom is -0.359 e. The van der Waals surface area contributed by atoms with E-state index < -0.39 is 5.72 Å². The molecule has 5 heteroatoms. The van der Waals surface area contributed by atoms with Crippen molar-refractivity contribution in [2.75, 3.05) is 6.61 Å². The number of hydrogen-bond acceptors (Lipinski definition) is 4. The maximum Gasteiger partial charge on any atom is 0.246 e. The summed E-state index contributed by atoms with van der Waals surface area (Å²) in [4.78, 5) is 11.0. The second-order valence-electron chi connectivity index (χ2n) is 6.37. The lowest BCUT2D eigenvalue weighted by atomic mass is 10.0. The van der Waals surface area contributed by atoms with Gasteiger partial charge in [0.1, 0.15) is 5.72 Å². The van der Waals surface area contributed by atoms with Crippen molar-refractivity contribution in [2.24, 2.45) is 0 Å². The quantitative estimate of drug-likeness (QED) is 0.199. The second-order valence-corrected chi connectivity index (χ2v) is 6.37. The summed E-state index contributed by atoms with van der Waals surface area (Å²) in [5.41, 5.74) is 0.579. The lowest BCUT2D eigenvalue weighted by molar-refractivity contribution is -0.428. The monoisotopic (exact) mass is 406 g/mol. The molecule has 0 aliphatic carbocycles. The predicted octanol–water partition coefficient (Wildman–Crippen LogP) is 6.73. The molecule has 166 valence electrons. The summed E-state index contributed by atoms with van der Waals surface area (Å²) in [6, 6.07) is 0.240. The first-order valence-electron chi connectivity index (χ1n) is 10.7. The molecule has 0 saturated carbocycles. The molecule has 0 amide bonds. The Morgan fingerprint density at radius 1 is 1.24 bits per heavy atom. The molecule has 1 fully saturated rings. The fourth-order valence-corrected chi connectivity index (χ4v) is 2.73. The van der Waals surface area contributed by atoms with Gasteiger partial charge in [0, 0.05) is 18.5 Å². The van der Waals surface area contributed by atoms with E-state index in [1.54, 1.807) is 6.08 Å². The van der Waals surface area contributed by atoms with Crippen LogP contribution in [0.15, 0.2) is 60.4 Å². The Morgan fingerprint density at radius 3 is 2.28 bits per heavy atom. The van der Waals surface area contributed by atoms with Gasteiger partial charge >= 0.3 is 0 Å². The van der Waals surface area contributed by atoms with Crippen LogP contribution in [-0.2, 0) is 4.74 Å². The van der Waals surface area contributed by atoms with E-state index in [0.29, 0.717) is 19.4 Å². The lowest BCUT2D eigenvalue weighted by Crippen LogP contribution is -2.43. The molecule has 1 saturated heterocycles. The summed E-state index contributed by atoms with van der Waals surface area (Å²) in [7, 11) is 0. The van der Waals surface area contributed by atoms with E-state index in [1.165, 1.54) is 0 Å². The zero-order valence-corrected chi connectivity index (χ0v) is 19.5. The number of nitro groups is 1. The van der Waals surface area contributed by atoms with Crippen molar-refractivity contribution >= 4 is 0 Å². The molecule has 5 nitrogen and oxygen atoms in total. The normalized spacial score (nSPS) is 22.1. The summed E-state index contributed by atoms with van der Waals surface area (Å²) in [6.07, 6.45) is 15.7. The highest BCUT2D eigenvalue weighted by Gasteiger charge is 2.38. The smallest absolute Gasteiger partial charge is 0.246 e. The number of nitrogens with zero attached hydrogens (tertiary/aromatic N) is 1. The van der Waals surface area contributed by atoms with Gasteiger partial charge in [0.2, 0.25) is 5.70 Å². The van der Waals surface area contributed by atoms with Crippen LogP contribution in [0.4, 0.5) is 0 Å². The lowest BCUT2D eigenvalue weighted by Gasteiger charge is -2.27. The fourth-order valence-electron chi connectivity index (χ4n) is 2.73. The third-order valence-corrected chi connectivity index (χ3v) is 4.43. The van der Waals surface area contributed by atoms with Gasteiger partial charge < -0.3 is 4.74 Å². The summed E-state index contributed by atoms with van der Waals surface area (Å²) in [6.45, 7) is 18.2. The highest BCUT2D eigenvalue weighted by molar-refractivity contribution is 5.31. The van der Waals surface area contributed by atoms with Gasteiger partial charge in [-0.25, -0.2) is 0 Å². The molecular weight excluding hydrogens is 364 g/mol. The van der Waals surface area contributed by atoms with E-state index in [4.69, 9.17) is 4.74 Å². The molecule has 0 aromatic heterocycles. The number of rotatable bonds is 9. The zero-order valence-electron chi connectivity index (χ0n) is 19.5. The molecule has 0 radical (unpaired) electrons. The zero-order chi connectivity index (χ0) is 22.7. The van der Waals surface area contributed by atoms with Crippen molar-refractivity contribution in [3.05, 3.63) is 70.5 Å². The molecule has 0 aromatic rings. The Kier molecular flexibility index (Phi) is 18.2. The summed E-state index contributed by atoms with van der Waals surface area (Å²) in [5, 5.41) is 14.8. The van der Waals surface area contributed by atoms with Crippen molar-refractivity contribution in [1.82, 2.24) is 5.32 Å². The molecule has 2 atom stereocenters. The van der Waals surface area contributed by atoms with Crippen molar-refractivity contribution in [3.63, 3.8) is 0 Å². The maximum atomic E-state index is 11.3. The Bertz CT molecular complexity index is 573. The van der Waals surface area contributed by atoms with Crippen molar-refractivity contribution in [1.29, 1.82) is 0 Å². The van der Waals surface area contributed by atoms with Crippen LogP contribution in [0.5, 0.6) is 0 Å². The van der Waals surface area contributed by atoms with E-state index in [9.17, 15) is 10.1 Å². The minimum absolute atomic E-state index is 0.210. The minimum atomic E-state index is -0.473. The topological polar surface area (TPSA) is 64.4 Å². The van der Waals surface area contributed by atoms with Crippen molar-refractivity contribution < 1.29 is 9.66 Å². The average molecular weight is 407 g/mol. The first kappa shape index (κ1) is 29.2. The molecule has 29 heavy (non-hydrogen) atoms. The van der Waals surface area contributed by atoms with Crippen LogP contribution in [0, 0.1) is 10.1 Å². The van der Waals surface area contributed by atoms with Crippen LogP contribution in [0.2, 0.25) is 0 Å². The van der Waals surface area contributed by atoms with Gasteiger partial charge in [-0.3, -0.25) is 15.4 Å². The summed E-state index contributed by atoms with van der Waals surface area (Å²) in [5.74, 6) is 0. The molecule has 0 aromatic carbocycles. The Morgan fingerprint density at radius 2 is 1.86 bits per heavy atom. The van der Waals surface area contributed by atoms with Crippen LogP contribution in [-0.4, -0.2) is 23.3 Å². The van der Waals surface area contributed by atoms with E-state index >= 15 is 0 Å². The number of allylic oxidation sites excluding steroid dienone is 8. The second kappa shape index (κ2) is 18.1. The average Bonchev–Trinajstić information content (AvgIpc) is 3.15. The van der Waals surface area contributed by atoms with Gasteiger partial charge in [0.25, 0.3) is 0 Å². The highest BCUT2D eigenvalue weighted by atomic mass is 16.6. The number of hydrogen-bond donors (Lipinski definition) is 1. The molecule has 2 unspecified atom stereocenters. The van der Waals surface area contributed by atoms with Gasteiger partial charge in [-0.2, -0.15) is 0 Å². The third-order valence-electron chi connectivity index (χ3n) is 4.43. The molecule has 1 heterocycles. The molecular formula is C24H42N2O3. The van der Waals surface area contributed by atoms with E-state index in [0.717, 1.165) is 18.4 Å². The van der Waals surface area contributed by atoms with E-state index in [2.05, 4.69) is 11.9 Å². The first-order valence-corrected chi connectivity index (χ1v) is 10.7. The predicted molar refractivity (Wildman–Crippen MR) is 125 cm³/mol. The van der Waals surface area contributed by atoms with Gasteiger partial charge in [-0.05, 0) is 52.5 Å². The van der Waals surface area contributed by atoms with E-state index in [-0.39, 0.29) is 16.7 Å². The fraction of sp³-hybridized carbons (Fsp3) is 0.583. The maximum absolute atomic E-state index is 11.3. The molecule has 0 spiro atoms. The van der Waals surface area contributed by atoms with Gasteiger partial charge in [-0.1, -0.05) is 57.2 Å². The summed E-state index contributed by atoms with van der Waals surface area (Å²) < 4.78 is 5.93. The third kappa shape index (κ3) is 12.2. The van der Waals surface area contributed by atoms with Crippen LogP contribution in [0.1, 0.15) is 74.1 Å². The van der Waals surface area contributed by atoms with Crippen molar-refractivity contribution in [3.8, 4) is 0 Å². The Hall–Kier alpha value is -1.98. The first-order chi connectivity index (χ1) is 13.9. The van der Waals surface area contributed by atoms with E-state index in [1.807, 2.05) is 84.9 Å². The van der Waals surface area contributed by atoms with Gasteiger partial charge in [-0.15, -0.1) is 6.58 Å². The van der Waals surface area contributed by atoms with Crippen LogP contribution < -0.4 is 5.32 Å². The SMILES string of the molecule is C/C=C\C.C=CCC1COC(CC)(CC/C(=C/C(/C=C\C)=C/C)[N+](=O)[O-])N1.CC. The molecule has 1 aliphatic heterocycles. The summed E-state index contributed by atoms with van der Waals surface area (Å²) >= 11 is 0. The van der Waals surface area contributed by atoms with Crippen LogP contribution in [0.25, 0.3) is 0 Å². The molecule has 1 aliphatic rings. The molecule has 1 rings (SSSR count). The number of ether oxygens (including phenoxy) is 1.